The molecule has 6 heteroatoms. The van der Waals surface area contributed by atoms with Gasteiger partial charge in [-0.25, -0.2) is 0 Å². The van der Waals surface area contributed by atoms with Gasteiger partial charge in [0.2, 0.25) is 0 Å². The molecule has 0 radical (unpaired) electrons. The number of halogens is 2. The lowest BCUT2D eigenvalue weighted by Crippen LogP contribution is -2.52. The normalized spacial score (nSPS) is 38.7. The largest absolute Gasteiger partial charge is 0.461 e. The minimum atomic E-state index is -0.572. The molecule has 5 atom stereocenters. The number of cyclic esters (lactones) is 1. The van der Waals surface area contributed by atoms with E-state index in [0.717, 1.165) is 0 Å². The SMILES string of the molecule is CC(C)(C)C(=O)OC[C@H]1OC(=O)C2C(Cl)C(Cl)C21. The maximum Gasteiger partial charge on any atom is 0.311 e. The maximum atomic E-state index is 11.6. The lowest BCUT2D eigenvalue weighted by atomic mass is 9.72. The van der Waals surface area contributed by atoms with Crippen LogP contribution in [0.1, 0.15) is 20.8 Å². The smallest absolute Gasteiger partial charge is 0.311 e. The van der Waals surface area contributed by atoms with Crippen molar-refractivity contribution in [1.29, 1.82) is 0 Å². The van der Waals surface area contributed by atoms with E-state index in [4.69, 9.17) is 32.7 Å². The van der Waals surface area contributed by atoms with Crippen molar-refractivity contribution in [3.8, 4) is 0 Å². The highest BCUT2D eigenvalue weighted by Crippen LogP contribution is 2.50. The molecule has 0 aromatic rings. The number of hydrogen-bond donors (Lipinski definition) is 0. The molecule has 0 bridgehead atoms. The van der Waals surface area contributed by atoms with Gasteiger partial charge in [0, 0.05) is 5.92 Å². The molecule has 0 amide bonds. The highest BCUT2D eigenvalue weighted by atomic mass is 35.5. The van der Waals surface area contributed by atoms with Crippen LogP contribution in [-0.2, 0) is 19.1 Å². The zero-order valence-electron chi connectivity index (χ0n) is 10.5. The first kappa shape index (κ1) is 13.9. The highest BCUT2D eigenvalue weighted by molar-refractivity contribution is 6.33. The van der Waals surface area contributed by atoms with Gasteiger partial charge in [-0.2, -0.15) is 0 Å². The molecule has 1 saturated heterocycles. The molecule has 2 aliphatic rings. The number of hydrogen-bond acceptors (Lipinski definition) is 4. The van der Waals surface area contributed by atoms with E-state index in [1.54, 1.807) is 20.8 Å². The summed E-state index contributed by atoms with van der Waals surface area (Å²) in [5.41, 5.74) is -0.572. The highest BCUT2D eigenvalue weighted by Gasteiger charge is 2.62. The Morgan fingerprint density at radius 2 is 1.94 bits per heavy atom. The molecule has 1 aliphatic heterocycles. The summed E-state index contributed by atoms with van der Waals surface area (Å²) in [6, 6.07) is 0. The number of fused-ring (bicyclic) bond motifs is 1. The fourth-order valence-electron chi connectivity index (χ4n) is 2.22. The van der Waals surface area contributed by atoms with Crippen LogP contribution in [0.5, 0.6) is 0 Å². The Kier molecular flexibility index (Phi) is 3.54. The van der Waals surface area contributed by atoms with Crippen LogP contribution in [0.2, 0.25) is 0 Å². The standard InChI is InChI=1S/C12H16Cl2O4/c1-12(2,3)11(16)17-4-5-6-7(10(15)18-5)9(14)8(6)13/h5-9H,4H2,1-3H3/t5-,6?,7?,8?,9?/m1/s1. The lowest BCUT2D eigenvalue weighted by Gasteiger charge is -2.39. The summed E-state index contributed by atoms with van der Waals surface area (Å²) < 4.78 is 10.3. The average Bonchev–Trinajstić information content (AvgIpc) is 2.57. The summed E-state index contributed by atoms with van der Waals surface area (Å²) in [7, 11) is 0. The lowest BCUT2D eigenvalue weighted by molar-refractivity contribution is -0.160. The van der Waals surface area contributed by atoms with Crippen molar-refractivity contribution in [2.45, 2.75) is 37.6 Å². The molecule has 102 valence electrons. The number of carbonyl (C=O) groups excluding carboxylic acids is 2. The van der Waals surface area contributed by atoms with Gasteiger partial charge >= 0.3 is 11.9 Å². The molecular formula is C12H16Cl2O4. The van der Waals surface area contributed by atoms with Gasteiger partial charge in [0.1, 0.15) is 12.7 Å². The van der Waals surface area contributed by atoms with Crippen LogP contribution < -0.4 is 0 Å². The average molecular weight is 295 g/mol. The zero-order chi connectivity index (χ0) is 13.7. The van der Waals surface area contributed by atoms with E-state index in [1.165, 1.54) is 0 Å². The summed E-state index contributed by atoms with van der Waals surface area (Å²) >= 11 is 12.0. The van der Waals surface area contributed by atoms with Gasteiger partial charge in [0.15, 0.2) is 0 Å². The third kappa shape index (κ3) is 2.21. The van der Waals surface area contributed by atoms with Crippen LogP contribution in [0.4, 0.5) is 0 Å². The van der Waals surface area contributed by atoms with E-state index in [1.807, 2.05) is 0 Å². The topological polar surface area (TPSA) is 52.6 Å². The molecule has 0 aromatic heterocycles. The Morgan fingerprint density at radius 1 is 1.33 bits per heavy atom. The Bertz CT molecular complexity index is 377. The van der Waals surface area contributed by atoms with Gasteiger partial charge in [0.25, 0.3) is 0 Å². The molecule has 1 saturated carbocycles. The fourth-order valence-corrected chi connectivity index (χ4v) is 3.14. The van der Waals surface area contributed by atoms with E-state index < -0.39 is 11.5 Å². The van der Waals surface area contributed by atoms with Crippen LogP contribution in [-0.4, -0.2) is 35.4 Å². The van der Waals surface area contributed by atoms with Crippen LogP contribution in [0.25, 0.3) is 0 Å². The predicted octanol–water partition coefficient (Wildman–Crippen LogP) is 1.96. The second kappa shape index (κ2) is 4.57. The number of esters is 2. The summed E-state index contributed by atoms with van der Waals surface area (Å²) in [6.45, 7) is 5.35. The monoisotopic (exact) mass is 294 g/mol. The molecule has 1 aliphatic carbocycles. The summed E-state index contributed by atoms with van der Waals surface area (Å²) in [5.74, 6) is -1.16. The van der Waals surface area contributed by atoms with Crippen LogP contribution in [0.15, 0.2) is 0 Å². The summed E-state index contributed by atoms with van der Waals surface area (Å²) in [4.78, 5) is 23.2. The van der Waals surface area contributed by atoms with Crippen molar-refractivity contribution in [3.63, 3.8) is 0 Å². The predicted molar refractivity (Wildman–Crippen MR) is 66.6 cm³/mol. The quantitative estimate of drug-likeness (QED) is 0.577. The van der Waals surface area contributed by atoms with Crippen molar-refractivity contribution < 1.29 is 19.1 Å². The van der Waals surface area contributed by atoms with Crippen molar-refractivity contribution in [3.05, 3.63) is 0 Å². The maximum absolute atomic E-state index is 11.6. The van der Waals surface area contributed by atoms with Gasteiger partial charge in [-0.1, -0.05) is 0 Å². The molecule has 0 N–H and O–H groups in total. The number of ether oxygens (including phenoxy) is 2. The summed E-state index contributed by atoms with van der Waals surface area (Å²) in [5, 5.41) is -0.686. The van der Waals surface area contributed by atoms with Gasteiger partial charge < -0.3 is 9.47 Å². The van der Waals surface area contributed by atoms with Gasteiger partial charge in [-0.05, 0) is 20.8 Å². The van der Waals surface area contributed by atoms with Gasteiger partial charge in [0.05, 0.1) is 22.1 Å². The third-order valence-corrected chi connectivity index (χ3v) is 4.62. The Morgan fingerprint density at radius 3 is 2.50 bits per heavy atom. The molecule has 4 unspecified atom stereocenters. The van der Waals surface area contributed by atoms with E-state index in [0.29, 0.717) is 0 Å². The minimum absolute atomic E-state index is 0.0514. The second-order valence-electron chi connectivity index (χ2n) is 5.82. The molecule has 2 rings (SSSR count). The molecule has 2 fully saturated rings. The molecule has 0 spiro atoms. The summed E-state index contributed by atoms with van der Waals surface area (Å²) in [6.07, 6.45) is -0.466. The van der Waals surface area contributed by atoms with E-state index in [-0.39, 0.29) is 41.1 Å². The number of alkyl halides is 2. The van der Waals surface area contributed by atoms with E-state index in [2.05, 4.69) is 0 Å². The second-order valence-corrected chi connectivity index (χ2v) is 6.82. The molecule has 4 nitrogen and oxygen atoms in total. The van der Waals surface area contributed by atoms with Crippen LogP contribution >= 0.6 is 23.2 Å². The first-order valence-corrected chi connectivity index (χ1v) is 6.76. The Labute approximate surface area is 116 Å². The van der Waals surface area contributed by atoms with Crippen molar-refractivity contribution in [2.24, 2.45) is 17.3 Å². The van der Waals surface area contributed by atoms with Gasteiger partial charge in [-0.15, -0.1) is 23.2 Å². The van der Waals surface area contributed by atoms with Gasteiger partial charge in [-0.3, -0.25) is 9.59 Å². The molecule has 1 heterocycles. The first-order valence-electron chi connectivity index (χ1n) is 5.89. The molecule has 0 aromatic carbocycles. The minimum Gasteiger partial charge on any atom is -0.461 e. The molecule has 18 heavy (non-hydrogen) atoms. The van der Waals surface area contributed by atoms with Crippen molar-refractivity contribution in [1.82, 2.24) is 0 Å². The fraction of sp³-hybridized carbons (Fsp3) is 0.833. The Hall–Kier alpha value is -0.480. The number of rotatable bonds is 2. The zero-order valence-corrected chi connectivity index (χ0v) is 12.0. The van der Waals surface area contributed by atoms with Crippen molar-refractivity contribution >= 4 is 35.1 Å². The van der Waals surface area contributed by atoms with Crippen molar-refractivity contribution in [2.75, 3.05) is 6.61 Å². The molecular weight excluding hydrogens is 279 g/mol. The third-order valence-electron chi connectivity index (χ3n) is 3.39. The number of carbonyl (C=O) groups is 2. The van der Waals surface area contributed by atoms with Crippen LogP contribution in [0, 0.1) is 17.3 Å². The van der Waals surface area contributed by atoms with E-state index >= 15 is 0 Å². The first-order chi connectivity index (χ1) is 8.23. The van der Waals surface area contributed by atoms with Crippen LogP contribution in [0.3, 0.4) is 0 Å². The Balaban J connectivity index is 1.92. The van der Waals surface area contributed by atoms with E-state index in [9.17, 15) is 9.59 Å².